The van der Waals surface area contributed by atoms with Crippen LogP contribution in [0.15, 0.2) is 83.1 Å². The van der Waals surface area contributed by atoms with Gasteiger partial charge in [-0.3, -0.25) is 10.1 Å². The summed E-state index contributed by atoms with van der Waals surface area (Å²) in [7, 11) is 1.25. The Labute approximate surface area is 216 Å². The summed E-state index contributed by atoms with van der Waals surface area (Å²) in [6, 6.07) is 15.6. The molecule has 0 aliphatic carbocycles. The predicted octanol–water partition coefficient (Wildman–Crippen LogP) is 5.30. The zero-order chi connectivity index (χ0) is 26.9. The van der Waals surface area contributed by atoms with E-state index in [1.807, 2.05) is 18.2 Å². The fraction of sp³-hybridized carbons (Fsp3) is 0.310. The third kappa shape index (κ3) is 6.94. The summed E-state index contributed by atoms with van der Waals surface area (Å²) in [5.74, 6) is -1.24. The third-order valence-corrected chi connectivity index (χ3v) is 6.21. The van der Waals surface area contributed by atoms with Gasteiger partial charge in [0.15, 0.2) is 0 Å². The van der Waals surface area contributed by atoms with Crippen molar-refractivity contribution in [1.82, 2.24) is 5.32 Å². The normalized spacial score (nSPS) is 15.8. The molecule has 0 saturated carbocycles. The number of carbonyl (C=O) groups is 2. The molecule has 0 amide bonds. The van der Waals surface area contributed by atoms with Crippen molar-refractivity contribution in [2.24, 2.45) is 0 Å². The van der Waals surface area contributed by atoms with E-state index in [0.29, 0.717) is 17.7 Å². The summed E-state index contributed by atoms with van der Waals surface area (Å²) in [4.78, 5) is 36.9. The van der Waals surface area contributed by atoms with Gasteiger partial charge in [0.05, 0.1) is 35.8 Å². The molecule has 1 aliphatic heterocycles. The van der Waals surface area contributed by atoms with Gasteiger partial charge < -0.3 is 14.8 Å². The van der Waals surface area contributed by atoms with Crippen LogP contribution in [0.1, 0.15) is 44.7 Å². The van der Waals surface area contributed by atoms with Crippen LogP contribution in [0.3, 0.4) is 0 Å². The van der Waals surface area contributed by atoms with Gasteiger partial charge in [-0.1, -0.05) is 54.1 Å². The van der Waals surface area contributed by atoms with E-state index < -0.39 is 22.9 Å². The molecule has 194 valence electrons. The number of benzene rings is 2. The third-order valence-electron chi connectivity index (χ3n) is 6.21. The number of nitro groups is 1. The highest BCUT2D eigenvalue weighted by atomic mass is 16.6. The molecule has 1 atom stereocenters. The number of hydrogen-bond acceptors (Lipinski definition) is 7. The molecule has 0 radical (unpaired) electrons. The molecule has 0 bridgehead atoms. The topological polar surface area (TPSA) is 108 Å². The Bertz CT molecular complexity index is 1260. The van der Waals surface area contributed by atoms with E-state index in [1.54, 1.807) is 19.9 Å². The Morgan fingerprint density at radius 3 is 2.51 bits per heavy atom. The van der Waals surface area contributed by atoms with Gasteiger partial charge in [0.2, 0.25) is 0 Å². The first-order chi connectivity index (χ1) is 17.7. The van der Waals surface area contributed by atoms with Crippen LogP contribution in [0.5, 0.6) is 0 Å². The monoisotopic (exact) mass is 504 g/mol. The standard InChI is InChI=1S/C29H32N2O6/c1-19(15-16-22-11-6-5-7-12-22)10-9-17-37-29(33)26-21(3)30-20(2)25(28(32)36-4)27(26)23-13-8-14-24(18-23)31(34)35/h5-8,10-14,18,21,30H,9,15-17H2,1-4H3/b19-10+. The molecule has 2 aromatic carbocycles. The Hall–Kier alpha value is -4.20. The molecule has 1 heterocycles. The molecule has 0 aromatic heterocycles. The van der Waals surface area contributed by atoms with E-state index in [0.717, 1.165) is 12.8 Å². The largest absolute Gasteiger partial charge is 0.465 e. The fourth-order valence-electron chi connectivity index (χ4n) is 4.34. The van der Waals surface area contributed by atoms with Crippen LogP contribution in [0.4, 0.5) is 5.69 Å². The molecule has 8 nitrogen and oxygen atoms in total. The van der Waals surface area contributed by atoms with Gasteiger partial charge >= 0.3 is 11.9 Å². The number of rotatable bonds is 10. The average molecular weight is 505 g/mol. The van der Waals surface area contributed by atoms with Crippen molar-refractivity contribution in [3.63, 3.8) is 0 Å². The highest BCUT2D eigenvalue weighted by Crippen LogP contribution is 2.36. The first-order valence-electron chi connectivity index (χ1n) is 12.1. The van der Waals surface area contributed by atoms with E-state index in [1.165, 1.54) is 36.4 Å². The van der Waals surface area contributed by atoms with Gasteiger partial charge in [-0.15, -0.1) is 0 Å². The van der Waals surface area contributed by atoms with Gasteiger partial charge in [-0.2, -0.15) is 0 Å². The number of aryl methyl sites for hydroxylation is 1. The second kappa shape index (κ2) is 12.7. The van der Waals surface area contributed by atoms with Crippen molar-refractivity contribution < 1.29 is 24.0 Å². The number of nitro benzene ring substituents is 1. The van der Waals surface area contributed by atoms with E-state index >= 15 is 0 Å². The Kier molecular flexibility index (Phi) is 9.38. The van der Waals surface area contributed by atoms with Crippen LogP contribution in [0.2, 0.25) is 0 Å². The highest BCUT2D eigenvalue weighted by molar-refractivity contribution is 6.14. The summed E-state index contributed by atoms with van der Waals surface area (Å²) in [6.45, 7) is 5.69. The van der Waals surface area contributed by atoms with Gasteiger partial charge in [0.25, 0.3) is 5.69 Å². The zero-order valence-corrected chi connectivity index (χ0v) is 21.6. The summed E-state index contributed by atoms with van der Waals surface area (Å²) in [5.41, 5.74) is 3.84. The van der Waals surface area contributed by atoms with E-state index in [4.69, 9.17) is 9.47 Å². The molecule has 37 heavy (non-hydrogen) atoms. The molecular formula is C29H32N2O6. The van der Waals surface area contributed by atoms with Crippen LogP contribution in [-0.4, -0.2) is 36.6 Å². The summed E-state index contributed by atoms with van der Waals surface area (Å²) >= 11 is 0. The molecule has 1 unspecified atom stereocenters. The van der Waals surface area contributed by atoms with Crippen molar-refractivity contribution in [3.8, 4) is 0 Å². The van der Waals surface area contributed by atoms with Crippen LogP contribution in [0.25, 0.3) is 5.57 Å². The van der Waals surface area contributed by atoms with Gasteiger partial charge in [-0.05, 0) is 51.2 Å². The second-order valence-corrected chi connectivity index (χ2v) is 8.91. The summed E-state index contributed by atoms with van der Waals surface area (Å²) in [6.07, 6.45) is 4.45. The minimum absolute atomic E-state index is 0.143. The molecule has 0 fully saturated rings. The van der Waals surface area contributed by atoms with Crippen molar-refractivity contribution in [2.45, 2.75) is 46.1 Å². The van der Waals surface area contributed by atoms with Crippen LogP contribution >= 0.6 is 0 Å². The number of hydrogen-bond donors (Lipinski definition) is 1. The van der Waals surface area contributed by atoms with Crippen LogP contribution in [0, 0.1) is 10.1 Å². The number of dihydropyridines is 1. The maximum absolute atomic E-state index is 13.3. The highest BCUT2D eigenvalue weighted by Gasteiger charge is 2.35. The number of ether oxygens (including phenoxy) is 2. The van der Waals surface area contributed by atoms with Gasteiger partial charge in [-0.25, -0.2) is 9.59 Å². The van der Waals surface area contributed by atoms with Crippen molar-refractivity contribution in [1.29, 1.82) is 0 Å². The Morgan fingerprint density at radius 1 is 1.11 bits per heavy atom. The van der Waals surface area contributed by atoms with Crippen molar-refractivity contribution in [3.05, 3.63) is 104 Å². The molecule has 0 spiro atoms. The lowest BCUT2D eigenvalue weighted by Gasteiger charge is -2.29. The quantitative estimate of drug-likeness (QED) is 0.154. The average Bonchev–Trinajstić information content (AvgIpc) is 2.89. The number of esters is 2. The molecule has 1 aliphatic rings. The first-order valence-corrected chi connectivity index (χ1v) is 12.1. The van der Waals surface area contributed by atoms with E-state index in [-0.39, 0.29) is 29.0 Å². The number of non-ortho nitro benzene ring substituents is 1. The number of nitrogens with zero attached hydrogens (tertiary/aromatic N) is 1. The van der Waals surface area contributed by atoms with Crippen molar-refractivity contribution in [2.75, 3.05) is 13.7 Å². The SMILES string of the molecule is COC(=O)C1=C(C)NC(C)C(C(=O)OCC/C=C(\C)CCc2ccccc2)=C1c1cccc([N+](=O)[O-])c1. The van der Waals surface area contributed by atoms with Gasteiger partial charge in [0.1, 0.15) is 0 Å². The number of nitrogens with one attached hydrogen (secondary N) is 1. The smallest absolute Gasteiger partial charge is 0.340 e. The maximum atomic E-state index is 13.3. The minimum Gasteiger partial charge on any atom is -0.465 e. The van der Waals surface area contributed by atoms with Gasteiger partial charge in [0, 0.05) is 23.4 Å². The lowest BCUT2D eigenvalue weighted by molar-refractivity contribution is -0.384. The molecule has 8 heteroatoms. The second-order valence-electron chi connectivity index (χ2n) is 8.91. The summed E-state index contributed by atoms with van der Waals surface area (Å²) < 4.78 is 10.6. The maximum Gasteiger partial charge on any atom is 0.340 e. The predicted molar refractivity (Wildman–Crippen MR) is 141 cm³/mol. The Balaban J connectivity index is 1.82. The fourth-order valence-corrected chi connectivity index (χ4v) is 4.34. The summed E-state index contributed by atoms with van der Waals surface area (Å²) in [5, 5.41) is 14.5. The van der Waals surface area contributed by atoms with Crippen molar-refractivity contribution >= 4 is 23.2 Å². The zero-order valence-electron chi connectivity index (χ0n) is 21.6. The number of methoxy groups -OCH3 is 1. The molecule has 1 N–H and O–H groups in total. The first kappa shape index (κ1) is 27.4. The van der Waals surface area contributed by atoms with Crippen LogP contribution < -0.4 is 5.32 Å². The van der Waals surface area contributed by atoms with E-state index in [9.17, 15) is 19.7 Å². The minimum atomic E-state index is -0.652. The Morgan fingerprint density at radius 2 is 1.84 bits per heavy atom. The molecule has 3 rings (SSSR count). The lowest BCUT2D eigenvalue weighted by Crippen LogP contribution is -2.37. The molecular weight excluding hydrogens is 472 g/mol. The van der Waals surface area contributed by atoms with E-state index in [2.05, 4.69) is 30.4 Å². The number of carbonyl (C=O) groups excluding carboxylic acids is 2. The lowest BCUT2D eigenvalue weighted by atomic mass is 9.85. The van der Waals surface area contributed by atoms with Crippen LogP contribution in [-0.2, 0) is 25.5 Å². The number of allylic oxidation sites excluding steroid dienone is 2. The molecule has 0 saturated heterocycles. The molecule has 2 aromatic rings.